The van der Waals surface area contributed by atoms with E-state index in [0.717, 1.165) is 17.2 Å². The molecule has 3 aromatic rings. The van der Waals surface area contributed by atoms with E-state index in [9.17, 15) is 4.79 Å². The third kappa shape index (κ3) is 4.61. The van der Waals surface area contributed by atoms with Crippen LogP contribution in [0.3, 0.4) is 0 Å². The highest BCUT2D eigenvalue weighted by molar-refractivity contribution is 5.93. The Morgan fingerprint density at radius 2 is 2.00 bits per heavy atom. The lowest BCUT2D eigenvalue weighted by atomic mass is 10.2. The molecule has 0 saturated carbocycles. The van der Waals surface area contributed by atoms with E-state index in [0.29, 0.717) is 37.0 Å². The number of pyridine rings is 1. The first-order chi connectivity index (χ1) is 13.6. The number of imidazole rings is 1. The third-order valence-corrected chi connectivity index (χ3v) is 4.16. The minimum atomic E-state index is -0.190. The Hall–Kier alpha value is -3.49. The van der Waals surface area contributed by atoms with Crippen LogP contribution < -0.4 is 15.4 Å². The minimum Gasteiger partial charge on any atom is -0.478 e. The van der Waals surface area contributed by atoms with Gasteiger partial charge in [0.15, 0.2) is 0 Å². The number of hydrogen-bond acceptors (Lipinski definition) is 7. The molecule has 28 heavy (non-hydrogen) atoms. The summed E-state index contributed by atoms with van der Waals surface area (Å²) in [6.45, 7) is 7.32. The van der Waals surface area contributed by atoms with Crippen molar-refractivity contribution in [3.63, 3.8) is 0 Å². The molecule has 1 amide bonds. The Morgan fingerprint density at radius 3 is 2.68 bits per heavy atom. The zero-order valence-corrected chi connectivity index (χ0v) is 16.1. The molecule has 0 aliphatic carbocycles. The molecule has 9 heteroatoms. The van der Waals surface area contributed by atoms with Gasteiger partial charge in [-0.1, -0.05) is 0 Å². The number of aryl methyl sites for hydroxylation is 1. The summed E-state index contributed by atoms with van der Waals surface area (Å²) in [5.74, 6) is 1.72. The number of carbonyl (C=O) groups is 1. The number of aromatic nitrogens is 5. The molecule has 0 aliphatic heterocycles. The molecule has 9 nitrogen and oxygen atoms in total. The van der Waals surface area contributed by atoms with Crippen molar-refractivity contribution in [2.75, 3.05) is 25.0 Å². The highest BCUT2D eigenvalue weighted by atomic mass is 16.5. The molecular weight excluding hydrogens is 358 g/mol. The molecule has 3 rings (SSSR count). The average molecular weight is 381 g/mol. The molecule has 0 bridgehead atoms. The number of anilines is 1. The summed E-state index contributed by atoms with van der Waals surface area (Å²) >= 11 is 0. The van der Waals surface area contributed by atoms with E-state index in [2.05, 4.69) is 30.6 Å². The van der Waals surface area contributed by atoms with Crippen molar-refractivity contribution >= 4 is 11.7 Å². The van der Waals surface area contributed by atoms with Crippen molar-refractivity contribution in [2.45, 2.75) is 20.8 Å². The highest BCUT2D eigenvalue weighted by Crippen LogP contribution is 2.13. The van der Waals surface area contributed by atoms with Gasteiger partial charge in [-0.2, -0.15) is 0 Å². The lowest BCUT2D eigenvalue weighted by Crippen LogP contribution is -2.29. The lowest BCUT2D eigenvalue weighted by Gasteiger charge is -2.09. The molecule has 0 spiro atoms. The molecule has 0 unspecified atom stereocenters. The van der Waals surface area contributed by atoms with Crippen LogP contribution in [-0.2, 0) is 0 Å². The standard InChI is InChI=1S/C19H23N7O2/c1-4-28-18-6-5-15(10-22-18)19(27)21-8-7-20-16-9-17(24-11-23-16)26-12-25-13(2)14(26)3/h5-6,9-12H,4,7-8H2,1-3H3,(H,21,27)(H,20,23,24). The monoisotopic (exact) mass is 381 g/mol. The Balaban J connectivity index is 1.50. The molecule has 0 fully saturated rings. The number of carbonyl (C=O) groups excluding carboxylic acids is 1. The maximum absolute atomic E-state index is 12.1. The molecule has 0 atom stereocenters. The van der Waals surface area contributed by atoms with Crippen molar-refractivity contribution in [3.8, 4) is 11.7 Å². The summed E-state index contributed by atoms with van der Waals surface area (Å²) in [7, 11) is 0. The molecule has 2 N–H and O–H groups in total. The molecule has 3 aromatic heterocycles. The van der Waals surface area contributed by atoms with Crippen molar-refractivity contribution < 1.29 is 9.53 Å². The molecule has 3 heterocycles. The molecule has 0 saturated heterocycles. The van der Waals surface area contributed by atoms with Gasteiger partial charge in [0.2, 0.25) is 5.88 Å². The van der Waals surface area contributed by atoms with E-state index >= 15 is 0 Å². The fourth-order valence-corrected chi connectivity index (χ4v) is 2.52. The number of amides is 1. The van der Waals surface area contributed by atoms with Gasteiger partial charge < -0.3 is 15.4 Å². The van der Waals surface area contributed by atoms with Gasteiger partial charge in [0, 0.05) is 37.1 Å². The first kappa shape index (κ1) is 19.3. The van der Waals surface area contributed by atoms with E-state index in [1.807, 2.05) is 31.4 Å². The van der Waals surface area contributed by atoms with Crippen molar-refractivity contribution in [2.24, 2.45) is 0 Å². The fraction of sp³-hybridized carbons (Fsp3) is 0.316. The largest absolute Gasteiger partial charge is 0.478 e. The molecule has 0 aliphatic rings. The zero-order chi connectivity index (χ0) is 19.9. The Kier molecular flexibility index (Phi) is 6.15. The Labute approximate surface area is 163 Å². The molecule has 146 valence electrons. The predicted octanol–water partition coefficient (Wildman–Crippen LogP) is 1.91. The molecule has 0 radical (unpaired) electrons. The second-order valence-electron chi connectivity index (χ2n) is 6.05. The summed E-state index contributed by atoms with van der Waals surface area (Å²) in [4.78, 5) is 29.0. The van der Waals surface area contributed by atoms with E-state index in [1.165, 1.54) is 12.5 Å². The summed E-state index contributed by atoms with van der Waals surface area (Å²) < 4.78 is 7.17. The van der Waals surface area contributed by atoms with Crippen LogP contribution in [0.25, 0.3) is 5.82 Å². The smallest absolute Gasteiger partial charge is 0.252 e. The van der Waals surface area contributed by atoms with E-state index in [1.54, 1.807) is 18.5 Å². The van der Waals surface area contributed by atoms with Crippen LogP contribution in [0.2, 0.25) is 0 Å². The minimum absolute atomic E-state index is 0.190. The maximum Gasteiger partial charge on any atom is 0.252 e. The van der Waals surface area contributed by atoms with Crippen LogP contribution in [0.4, 0.5) is 5.82 Å². The van der Waals surface area contributed by atoms with Crippen LogP contribution in [0.5, 0.6) is 5.88 Å². The molecular formula is C19H23N7O2. The summed E-state index contributed by atoms with van der Waals surface area (Å²) in [5, 5.41) is 6.02. The number of hydrogen-bond donors (Lipinski definition) is 2. The van der Waals surface area contributed by atoms with Crippen LogP contribution in [0.1, 0.15) is 28.7 Å². The normalized spacial score (nSPS) is 10.5. The van der Waals surface area contributed by atoms with Gasteiger partial charge in [0.25, 0.3) is 5.91 Å². The first-order valence-corrected chi connectivity index (χ1v) is 9.02. The summed E-state index contributed by atoms with van der Waals surface area (Å²) in [5.41, 5.74) is 2.47. The average Bonchev–Trinajstić information content (AvgIpc) is 3.05. The number of nitrogens with one attached hydrogen (secondary N) is 2. The Morgan fingerprint density at radius 1 is 1.14 bits per heavy atom. The third-order valence-electron chi connectivity index (χ3n) is 4.16. The van der Waals surface area contributed by atoms with Crippen molar-refractivity contribution in [1.29, 1.82) is 0 Å². The summed E-state index contributed by atoms with van der Waals surface area (Å²) in [6, 6.07) is 5.21. The maximum atomic E-state index is 12.1. The van der Waals surface area contributed by atoms with E-state index < -0.39 is 0 Å². The molecule has 0 aromatic carbocycles. The topological polar surface area (TPSA) is 107 Å². The quantitative estimate of drug-likeness (QED) is 0.574. The van der Waals surface area contributed by atoms with Gasteiger partial charge in [0.1, 0.15) is 24.3 Å². The van der Waals surface area contributed by atoms with Gasteiger partial charge in [-0.3, -0.25) is 9.36 Å². The first-order valence-electron chi connectivity index (χ1n) is 9.02. The van der Waals surface area contributed by atoms with Crippen LogP contribution in [0, 0.1) is 13.8 Å². The SMILES string of the molecule is CCOc1ccc(C(=O)NCCNc2cc(-n3cnc(C)c3C)ncn2)cn1. The second-order valence-corrected chi connectivity index (χ2v) is 6.05. The van der Waals surface area contributed by atoms with E-state index in [4.69, 9.17) is 4.74 Å². The van der Waals surface area contributed by atoms with Gasteiger partial charge in [0.05, 0.1) is 17.9 Å². The summed E-state index contributed by atoms with van der Waals surface area (Å²) in [6.07, 6.45) is 4.73. The van der Waals surface area contributed by atoms with E-state index in [-0.39, 0.29) is 5.91 Å². The predicted molar refractivity (Wildman–Crippen MR) is 105 cm³/mol. The lowest BCUT2D eigenvalue weighted by molar-refractivity contribution is 0.0954. The van der Waals surface area contributed by atoms with Gasteiger partial charge in [-0.15, -0.1) is 0 Å². The van der Waals surface area contributed by atoms with Crippen LogP contribution in [-0.4, -0.2) is 50.1 Å². The zero-order valence-electron chi connectivity index (χ0n) is 16.1. The number of rotatable bonds is 8. The number of nitrogens with zero attached hydrogens (tertiary/aromatic N) is 5. The van der Waals surface area contributed by atoms with Crippen molar-refractivity contribution in [3.05, 3.63) is 54.0 Å². The second kappa shape index (κ2) is 8.94. The van der Waals surface area contributed by atoms with Gasteiger partial charge in [-0.05, 0) is 26.8 Å². The van der Waals surface area contributed by atoms with Crippen LogP contribution >= 0.6 is 0 Å². The van der Waals surface area contributed by atoms with Gasteiger partial charge in [-0.25, -0.2) is 19.9 Å². The van der Waals surface area contributed by atoms with Gasteiger partial charge >= 0.3 is 0 Å². The van der Waals surface area contributed by atoms with Crippen LogP contribution in [0.15, 0.2) is 37.1 Å². The fourth-order valence-electron chi connectivity index (χ4n) is 2.52. The number of ether oxygens (including phenoxy) is 1. The highest BCUT2D eigenvalue weighted by Gasteiger charge is 2.08. The van der Waals surface area contributed by atoms with Crippen molar-refractivity contribution in [1.82, 2.24) is 29.8 Å². The Bertz CT molecular complexity index is 938.